The van der Waals surface area contributed by atoms with Gasteiger partial charge in [-0.05, 0) is 53.3 Å². The van der Waals surface area contributed by atoms with Crippen LogP contribution in [0.25, 0.3) is 0 Å². The summed E-state index contributed by atoms with van der Waals surface area (Å²) in [6.45, 7) is 1.68. The number of nitrogens with zero attached hydrogens (tertiary/aromatic N) is 1. The van der Waals surface area contributed by atoms with E-state index in [1.54, 1.807) is 25.1 Å². The number of nitrogens with one attached hydrogen (secondary N) is 2. The Labute approximate surface area is 161 Å². The van der Waals surface area contributed by atoms with E-state index in [1.807, 2.05) is 0 Å². The lowest BCUT2D eigenvalue weighted by Gasteiger charge is -2.09. The lowest BCUT2D eigenvalue weighted by molar-refractivity contribution is 0.0605. The Hall–Kier alpha value is -2.04. The smallest absolute Gasteiger partial charge is 0.350 e. The summed E-state index contributed by atoms with van der Waals surface area (Å²) in [5.41, 5.74) is 0.926. The fourth-order valence-electron chi connectivity index (χ4n) is 1.84. The Morgan fingerprint density at radius 3 is 2.64 bits per heavy atom. The molecule has 0 saturated carbocycles. The molecule has 0 atom stereocenters. The van der Waals surface area contributed by atoms with Crippen molar-refractivity contribution in [3.05, 3.63) is 38.8 Å². The van der Waals surface area contributed by atoms with Crippen LogP contribution in [0.4, 0.5) is 5.13 Å². The fraction of sp³-hybridized carbons (Fsp3) is 0.200. The molecule has 10 heteroatoms. The number of benzene rings is 1. The third kappa shape index (κ3) is 4.74. The number of amides is 1. The van der Waals surface area contributed by atoms with Crippen LogP contribution in [0.1, 0.15) is 25.7 Å². The summed E-state index contributed by atoms with van der Waals surface area (Å²) in [6.07, 6.45) is 0. The summed E-state index contributed by atoms with van der Waals surface area (Å²) in [4.78, 5) is 28.4. The first-order valence-electron chi connectivity index (χ1n) is 6.87. The number of esters is 1. The fourth-order valence-corrected chi connectivity index (χ4v) is 3.53. The SMILES string of the molecule is COC(=O)c1sc(NC(=S)NC(=O)c2ccc(OC)c(Br)c2)nc1C. The van der Waals surface area contributed by atoms with E-state index in [0.717, 1.165) is 11.3 Å². The van der Waals surface area contributed by atoms with Crippen molar-refractivity contribution in [2.24, 2.45) is 0 Å². The first kappa shape index (κ1) is 19.3. The van der Waals surface area contributed by atoms with Crippen LogP contribution in [0.5, 0.6) is 5.75 Å². The number of thiazole rings is 1. The second-order valence-corrected chi connectivity index (χ2v) is 6.94. The van der Waals surface area contributed by atoms with E-state index in [9.17, 15) is 9.59 Å². The van der Waals surface area contributed by atoms with Gasteiger partial charge in [0.15, 0.2) is 10.2 Å². The Balaban J connectivity index is 2.04. The van der Waals surface area contributed by atoms with Gasteiger partial charge in [-0.2, -0.15) is 0 Å². The van der Waals surface area contributed by atoms with Crippen LogP contribution in [0.15, 0.2) is 22.7 Å². The number of aromatic nitrogens is 1. The summed E-state index contributed by atoms with van der Waals surface area (Å²) >= 11 is 9.52. The number of hydrogen-bond donors (Lipinski definition) is 2. The van der Waals surface area contributed by atoms with Gasteiger partial charge in [-0.25, -0.2) is 9.78 Å². The molecule has 2 aromatic rings. The molecular weight excluding hydrogens is 430 g/mol. The van der Waals surface area contributed by atoms with Crippen molar-refractivity contribution < 1.29 is 19.1 Å². The molecule has 0 aliphatic rings. The molecule has 2 N–H and O–H groups in total. The highest BCUT2D eigenvalue weighted by molar-refractivity contribution is 9.10. The van der Waals surface area contributed by atoms with Gasteiger partial charge in [-0.3, -0.25) is 10.1 Å². The first-order valence-corrected chi connectivity index (χ1v) is 8.89. The van der Waals surface area contributed by atoms with Gasteiger partial charge in [0.2, 0.25) is 0 Å². The van der Waals surface area contributed by atoms with Crippen molar-refractivity contribution in [3.8, 4) is 5.75 Å². The van der Waals surface area contributed by atoms with Crippen molar-refractivity contribution in [1.82, 2.24) is 10.3 Å². The van der Waals surface area contributed by atoms with E-state index >= 15 is 0 Å². The van der Waals surface area contributed by atoms with Crippen LogP contribution in [0, 0.1) is 6.92 Å². The second kappa shape index (κ2) is 8.37. The summed E-state index contributed by atoms with van der Waals surface area (Å²) < 4.78 is 10.4. The maximum atomic E-state index is 12.2. The van der Waals surface area contributed by atoms with Crippen LogP contribution in [0.3, 0.4) is 0 Å². The van der Waals surface area contributed by atoms with E-state index in [4.69, 9.17) is 17.0 Å². The molecule has 1 amide bonds. The normalized spacial score (nSPS) is 10.1. The molecule has 0 radical (unpaired) electrons. The van der Waals surface area contributed by atoms with Gasteiger partial charge in [-0.15, -0.1) is 0 Å². The number of methoxy groups -OCH3 is 2. The standard InChI is InChI=1S/C15H14BrN3O4S2/c1-7-11(13(21)23-3)25-15(17-7)19-14(24)18-12(20)8-4-5-10(22-2)9(16)6-8/h4-6H,1-3H3,(H2,17,18,19,20,24). The minimum absolute atomic E-state index is 0.0714. The molecule has 7 nitrogen and oxygen atoms in total. The molecule has 132 valence electrons. The van der Waals surface area contributed by atoms with E-state index < -0.39 is 5.97 Å². The van der Waals surface area contributed by atoms with Gasteiger partial charge in [-0.1, -0.05) is 11.3 Å². The Morgan fingerprint density at radius 1 is 1.32 bits per heavy atom. The number of carbonyl (C=O) groups excluding carboxylic acids is 2. The Bertz CT molecular complexity index is 838. The lowest BCUT2D eigenvalue weighted by atomic mass is 10.2. The predicted molar refractivity (Wildman–Crippen MR) is 103 cm³/mol. The number of carbonyl (C=O) groups is 2. The zero-order valence-electron chi connectivity index (χ0n) is 13.5. The molecule has 0 saturated heterocycles. The van der Waals surface area contributed by atoms with Gasteiger partial charge >= 0.3 is 5.97 Å². The molecule has 0 spiro atoms. The molecule has 0 unspecified atom stereocenters. The van der Waals surface area contributed by atoms with Gasteiger partial charge in [0.05, 0.1) is 24.4 Å². The van der Waals surface area contributed by atoms with Crippen molar-refractivity contribution >= 4 is 61.6 Å². The molecule has 25 heavy (non-hydrogen) atoms. The maximum absolute atomic E-state index is 12.2. The number of aryl methyl sites for hydroxylation is 1. The highest BCUT2D eigenvalue weighted by Crippen LogP contribution is 2.26. The number of ether oxygens (including phenoxy) is 2. The van der Waals surface area contributed by atoms with Crippen LogP contribution in [-0.4, -0.2) is 36.2 Å². The van der Waals surface area contributed by atoms with E-state index in [1.165, 1.54) is 14.2 Å². The Morgan fingerprint density at radius 2 is 2.04 bits per heavy atom. The van der Waals surface area contributed by atoms with Crippen LogP contribution in [0.2, 0.25) is 0 Å². The number of rotatable bonds is 4. The van der Waals surface area contributed by atoms with Gasteiger partial charge in [0.25, 0.3) is 5.91 Å². The van der Waals surface area contributed by atoms with Crippen molar-refractivity contribution in [1.29, 1.82) is 0 Å². The van der Waals surface area contributed by atoms with E-state index in [0.29, 0.717) is 31.5 Å². The number of thiocarbonyl (C=S) groups is 1. The van der Waals surface area contributed by atoms with Crippen LogP contribution >= 0.6 is 39.5 Å². The lowest BCUT2D eigenvalue weighted by Crippen LogP contribution is -2.34. The highest BCUT2D eigenvalue weighted by atomic mass is 79.9. The molecular formula is C15H14BrN3O4S2. The Kier molecular flexibility index (Phi) is 6.45. The number of hydrogen-bond acceptors (Lipinski definition) is 7. The highest BCUT2D eigenvalue weighted by Gasteiger charge is 2.17. The first-order chi connectivity index (χ1) is 11.8. The molecule has 0 fully saturated rings. The van der Waals surface area contributed by atoms with Gasteiger partial charge < -0.3 is 14.8 Å². The van der Waals surface area contributed by atoms with Crippen LogP contribution < -0.4 is 15.4 Å². The minimum Gasteiger partial charge on any atom is -0.496 e. The summed E-state index contributed by atoms with van der Waals surface area (Å²) in [7, 11) is 2.84. The van der Waals surface area contributed by atoms with E-state index in [2.05, 4.69) is 36.3 Å². The van der Waals surface area contributed by atoms with Gasteiger partial charge in [0, 0.05) is 5.56 Å². The average Bonchev–Trinajstić information content (AvgIpc) is 2.93. The zero-order chi connectivity index (χ0) is 18.6. The summed E-state index contributed by atoms with van der Waals surface area (Å²) in [5.74, 6) is -0.241. The monoisotopic (exact) mass is 443 g/mol. The predicted octanol–water partition coefficient (Wildman–Crippen LogP) is 3.14. The second-order valence-electron chi connectivity index (χ2n) is 4.68. The molecule has 0 bridgehead atoms. The van der Waals surface area contributed by atoms with E-state index in [-0.39, 0.29) is 11.0 Å². The third-order valence-corrected chi connectivity index (χ3v) is 4.91. The summed E-state index contributed by atoms with van der Waals surface area (Å²) in [5, 5.41) is 5.79. The topological polar surface area (TPSA) is 89.6 Å². The molecule has 1 heterocycles. The molecule has 1 aromatic heterocycles. The minimum atomic E-state index is -0.471. The van der Waals surface area contributed by atoms with Crippen molar-refractivity contribution in [3.63, 3.8) is 0 Å². The summed E-state index contributed by atoms with van der Waals surface area (Å²) in [6, 6.07) is 4.91. The molecule has 1 aromatic carbocycles. The largest absolute Gasteiger partial charge is 0.496 e. The van der Waals surface area contributed by atoms with Crippen LogP contribution in [-0.2, 0) is 4.74 Å². The molecule has 0 aliphatic heterocycles. The zero-order valence-corrected chi connectivity index (χ0v) is 16.7. The third-order valence-electron chi connectivity index (χ3n) is 3.03. The number of halogens is 1. The van der Waals surface area contributed by atoms with Crippen molar-refractivity contribution in [2.45, 2.75) is 6.92 Å². The maximum Gasteiger partial charge on any atom is 0.350 e. The van der Waals surface area contributed by atoms with Crippen molar-refractivity contribution in [2.75, 3.05) is 19.5 Å². The quantitative estimate of drug-likeness (QED) is 0.553. The average molecular weight is 444 g/mol. The number of anilines is 1. The molecule has 2 rings (SSSR count). The van der Waals surface area contributed by atoms with Gasteiger partial charge in [0.1, 0.15) is 10.6 Å². The molecule has 0 aliphatic carbocycles.